The van der Waals surface area contributed by atoms with Crippen molar-refractivity contribution >= 4 is 17.7 Å². The predicted octanol–water partition coefficient (Wildman–Crippen LogP) is 2.60. The summed E-state index contributed by atoms with van der Waals surface area (Å²) in [5, 5.41) is 3.36. The zero-order valence-electron chi connectivity index (χ0n) is 18.0. The molecule has 3 saturated heterocycles. The number of likely N-dealkylation sites (tertiary alicyclic amines) is 2. The van der Waals surface area contributed by atoms with Gasteiger partial charge in [0.1, 0.15) is 5.82 Å². The van der Waals surface area contributed by atoms with Gasteiger partial charge in [0.15, 0.2) is 0 Å². The van der Waals surface area contributed by atoms with E-state index in [4.69, 9.17) is 4.98 Å². The molecule has 1 amide bonds. The molecule has 1 atom stereocenters. The molecule has 3 aliphatic heterocycles. The Balaban J connectivity index is 1.30. The molecular weight excluding hydrogens is 364 g/mol. The van der Waals surface area contributed by atoms with E-state index in [9.17, 15) is 4.79 Å². The molecule has 0 aromatic carbocycles. The lowest BCUT2D eigenvalue weighted by atomic mass is 9.93. The van der Waals surface area contributed by atoms with Crippen LogP contribution >= 0.6 is 0 Å². The van der Waals surface area contributed by atoms with E-state index in [0.717, 1.165) is 76.7 Å². The molecule has 0 saturated carbocycles. The number of carbonyl (C=O) groups is 1. The molecule has 1 aromatic rings. The fourth-order valence-corrected chi connectivity index (χ4v) is 5.04. The fraction of sp³-hybridized carbons (Fsp3) is 0.773. The fourth-order valence-electron chi connectivity index (χ4n) is 5.04. The number of piperidine rings is 2. The summed E-state index contributed by atoms with van der Waals surface area (Å²) in [6.45, 7) is 10.2. The van der Waals surface area contributed by atoms with Crippen LogP contribution in [0.4, 0.5) is 11.8 Å². The maximum atomic E-state index is 12.8. The third kappa shape index (κ3) is 5.00. The summed E-state index contributed by atoms with van der Waals surface area (Å²) < 4.78 is 0. The molecule has 1 aromatic heterocycles. The third-order valence-electron chi connectivity index (χ3n) is 6.56. The van der Waals surface area contributed by atoms with Crippen LogP contribution in [0.3, 0.4) is 0 Å². The zero-order chi connectivity index (χ0) is 20.2. The SMILES string of the molecule is CC(C)Nc1ccnc(N2CCC(N3CCCC(C(=O)N4CCCC4)C3)CC2)n1. The lowest BCUT2D eigenvalue weighted by Crippen LogP contribution is -2.51. The van der Waals surface area contributed by atoms with Crippen LogP contribution in [0.25, 0.3) is 0 Å². The Kier molecular flexibility index (Phi) is 6.53. The van der Waals surface area contributed by atoms with E-state index in [1.165, 1.54) is 12.8 Å². The van der Waals surface area contributed by atoms with Crippen molar-refractivity contribution in [1.29, 1.82) is 0 Å². The summed E-state index contributed by atoms with van der Waals surface area (Å²) in [6.07, 6.45) is 8.65. The van der Waals surface area contributed by atoms with Crippen molar-refractivity contribution in [2.45, 2.75) is 64.5 Å². The third-order valence-corrected chi connectivity index (χ3v) is 6.56. The maximum absolute atomic E-state index is 12.8. The Morgan fingerprint density at radius 2 is 1.83 bits per heavy atom. The zero-order valence-corrected chi connectivity index (χ0v) is 18.0. The van der Waals surface area contributed by atoms with Gasteiger partial charge in [0.2, 0.25) is 11.9 Å². The summed E-state index contributed by atoms with van der Waals surface area (Å²) in [7, 11) is 0. The van der Waals surface area contributed by atoms with E-state index in [0.29, 0.717) is 18.0 Å². The summed E-state index contributed by atoms with van der Waals surface area (Å²) in [4.78, 5) is 29.0. The van der Waals surface area contributed by atoms with Gasteiger partial charge in [-0.05, 0) is 65.0 Å². The average molecular weight is 401 g/mol. The van der Waals surface area contributed by atoms with E-state index in [1.54, 1.807) is 0 Å². The lowest BCUT2D eigenvalue weighted by Gasteiger charge is -2.42. The van der Waals surface area contributed by atoms with Crippen molar-refractivity contribution in [2.24, 2.45) is 5.92 Å². The first-order chi connectivity index (χ1) is 14.1. The second-order valence-corrected chi connectivity index (χ2v) is 9.13. The molecule has 4 rings (SSSR count). The van der Waals surface area contributed by atoms with Crippen LogP contribution in [-0.2, 0) is 4.79 Å². The van der Waals surface area contributed by atoms with Crippen molar-refractivity contribution in [1.82, 2.24) is 19.8 Å². The first kappa shape index (κ1) is 20.4. The van der Waals surface area contributed by atoms with Gasteiger partial charge in [-0.3, -0.25) is 9.69 Å². The van der Waals surface area contributed by atoms with Crippen LogP contribution in [0.2, 0.25) is 0 Å². The van der Waals surface area contributed by atoms with Gasteiger partial charge < -0.3 is 15.1 Å². The Morgan fingerprint density at radius 1 is 1.07 bits per heavy atom. The number of anilines is 2. The van der Waals surface area contributed by atoms with Crippen LogP contribution in [-0.4, -0.2) is 77.0 Å². The molecule has 160 valence electrons. The van der Waals surface area contributed by atoms with E-state index in [1.807, 2.05) is 12.3 Å². The first-order valence-corrected chi connectivity index (χ1v) is 11.5. The van der Waals surface area contributed by atoms with Crippen LogP contribution in [0, 0.1) is 5.92 Å². The highest BCUT2D eigenvalue weighted by Crippen LogP contribution is 2.27. The number of rotatable bonds is 5. The van der Waals surface area contributed by atoms with E-state index in [-0.39, 0.29) is 5.92 Å². The molecule has 0 spiro atoms. The van der Waals surface area contributed by atoms with Crippen molar-refractivity contribution in [3.8, 4) is 0 Å². The number of aromatic nitrogens is 2. The number of hydrogen-bond donors (Lipinski definition) is 1. The highest BCUT2D eigenvalue weighted by atomic mass is 16.2. The molecule has 0 aliphatic carbocycles. The number of hydrogen-bond acceptors (Lipinski definition) is 6. The standard InChI is InChI=1S/C22H36N6O/c1-17(2)24-20-7-10-23-22(25-20)27-14-8-19(9-15-27)28-13-5-6-18(16-28)21(29)26-11-3-4-12-26/h7,10,17-19H,3-6,8-9,11-16H2,1-2H3,(H,23,24,25). The number of nitrogens with one attached hydrogen (secondary N) is 1. The monoisotopic (exact) mass is 400 g/mol. The summed E-state index contributed by atoms with van der Waals surface area (Å²) >= 11 is 0. The summed E-state index contributed by atoms with van der Waals surface area (Å²) in [5.41, 5.74) is 0. The van der Waals surface area contributed by atoms with Crippen molar-refractivity contribution in [3.63, 3.8) is 0 Å². The normalized spacial score (nSPS) is 24.3. The van der Waals surface area contributed by atoms with Crippen LogP contribution in [0.15, 0.2) is 12.3 Å². The average Bonchev–Trinajstić information content (AvgIpc) is 3.28. The van der Waals surface area contributed by atoms with Gasteiger partial charge >= 0.3 is 0 Å². The number of amides is 1. The Labute approximate surface area is 174 Å². The van der Waals surface area contributed by atoms with Gasteiger partial charge in [0.25, 0.3) is 0 Å². The van der Waals surface area contributed by atoms with Gasteiger partial charge in [-0.25, -0.2) is 4.98 Å². The summed E-state index contributed by atoms with van der Waals surface area (Å²) in [5.74, 6) is 2.34. The second-order valence-electron chi connectivity index (χ2n) is 9.13. The molecule has 0 radical (unpaired) electrons. The second kappa shape index (κ2) is 9.28. The minimum absolute atomic E-state index is 0.210. The number of carbonyl (C=O) groups excluding carboxylic acids is 1. The predicted molar refractivity (Wildman–Crippen MR) is 116 cm³/mol. The minimum Gasteiger partial charge on any atom is -0.368 e. The maximum Gasteiger partial charge on any atom is 0.227 e. The lowest BCUT2D eigenvalue weighted by molar-refractivity contribution is -0.136. The van der Waals surface area contributed by atoms with E-state index < -0.39 is 0 Å². The molecule has 1 unspecified atom stereocenters. The minimum atomic E-state index is 0.210. The Hall–Kier alpha value is -1.89. The summed E-state index contributed by atoms with van der Waals surface area (Å²) in [6, 6.07) is 2.87. The van der Waals surface area contributed by atoms with Gasteiger partial charge in [-0.15, -0.1) is 0 Å². The Bertz CT molecular complexity index is 682. The van der Waals surface area contributed by atoms with Crippen LogP contribution < -0.4 is 10.2 Å². The van der Waals surface area contributed by atoms with Crippen LogP contribution in [0.5, 0.6) is 0 Å². The molecule has 0 bridgehead atoms. The van der Waals surface area contributed by atoms with E-state index >= 15 is 0 Å². The van der Waals surface area contributed by atoms with Gasteiger partial charge in [-0.1, -0.05) is 0 Å². The first-order valence-electron chi connectivity index (χ1n) is 11.5. The highest BCUT2D eigenvalue weighted by Gasteiger charge is 2.34. The van der Waals surface area contributed by atoms with Gasteiger partial charge in [-0.2, -0.15) is 4.98 Å². The molecule has 1 N–H and O–H groups in total. The molecular formula is C22H36N6O. The Morgan fingerprint density at radius 3 is 2.55 bits per heavy atom. The smallest absolute Gasteiger partial charge is 0.227 e. The topological polar surface area (TPSA) is 64.6 Å². The molecule has 29 heavy (non-hydrogen) atoms. The highest BCUT2D eigenvalue weighted by molar-refractivity contribution is 5.79. The van der Waals surface area contributed by atoms with E-state index in [2.05, 4.69) is 38.8 Å². The number of nitrogens with zero attached hydrogens (tertiary/aromatic N) is 5. The van der Waals surface area contributed by atoms with Crippen molar-refractivity contribution in [3.05, 3.63) is 12.3 Å². The van der Waals surface area contributed by atoms with Crippen molar-refractivity contribution in [2.75, 3.05) is 49.5 Å². The van der Waals surface area contributed by atoms with Crippen molar-refractivity contribution < 1.29 is 4.79 Å². The largest absolute Gasteiger partial charge is 0.368 e. The molecule has 3 aliphatic rings. The molecule has 4 heterocycles. The van der Waals surface area contributed by atoms with Gasteiger partial charge in [0, 0.05) is 51.0 Å². The molecule has 3 fully saturated rings. The quantitative estimate of drug-likeness (QED) is 0.820. The van der Waals surface area contributed by atoms with Crippen LogP contribution in [0.1, 0.15) is 52.4 Å². The van der Waals surface area contributed by atoms with Gasteiger partial charge in [0.05, 0.1) is 5.92 Å². The molecule has 7 heteroatoms. The molecule has 7 nitrogen and oxygen atoms in total.